The van der Waals surface area contributed by atoms with Gasteiger partial charge in [0.25, 0.3) is 5.91 Å². The summed E-state index contributed by atoms with van der Waals surface area (Å²) in [7, 11) is 2.11. The smallest absolute Gasteiger partial charge is 0.251 e. The maximum atomic E-state index is 12.5. The first-order valence-electron chi connectivity index (χ1n) is 10.3. The second-order valence-corrected chi connectivity index (χ2v) is 7.69. The first kappa shape index (κ1) is 22.1. The van der Waals surface area contributed by atoms with E-state index >= 15 is 0 Å². The number of benzene rings is 2. The molecule has 4 nitrogen and oxygen atoms in total. The standard InChI is InChI=1S/C24H35N3O/c1-6-26(5)17-22-10-8-9-21(15-22)16-25-24(28)23-13-11-20(12-14-23)18-27(7-2)19(3)4/h8-15,19H,6-7,16-18H2,1-5H3,(H,25,28). The van der Waals surface area contributed by atoms with E-state index in [9.17, 15) is 4.79 Å². The van der Waals surface area contributed by atoms with Gasteiger partial charge in [-0.2, -0.15) is 0 Å². The Balaban J connectivity index is 1.92. The molecule has 0 saturated carbocycles. The molecule has 1 N–H and O–H groups in total. The Morgan fingerprint density at radius 2 is 1.61 bits per heavy atom. The molecular formula is C24H35N3O. The molecule has 0 unspecified atom stereocenters. The van der Waals surface area contributed by atoms with E-state index in [1.54, 1.807) is 0 Å². The summed E-state index contributed by atoms with van der Waals surface area (Å²) in [4.78, 5) is 17.2. The highest BCUT2D eigenvalue weighted by molar-refractivity contribution is 5.94. The van der Waals surface area contributed by atoms with Gasteiger partial charge < -0.3 is 10.2 Å². The molecule has 28 heavy (non-hydrogen) atoms. The largest absolute Gasteiger partial charge is 0.348 e. The zero-order valence-electron chi connectivity index (χ0n) is 18.0. The fourth-order valence-electron chi connectivity index (χ4n) is 3.20. The molecule has 2 aromatic carbocycles. The van der Waals surface area contributed by atoms with E-state index in [0.29, 0.717) is 18.2 Å². The maximum absolute atomic E-state index is 12.5. The van der Waals surface area contributed by atoms with Gasteiger partial charge in [-0.3, -0.25) is 9.69 Å². The SMILES string of the molecule is CCN(C)Cc1cccc(CNC(=O)c2ccc(CN(CC)C(C)C)cc2)c1. The van der Waals surface area contributed by atoms with Crippen LogP contribution in [0.2, 0.25) is 0 Å². The quantitative estimate of drug-likeness (QED) is 0.666. The number of rotatable bonds is 10. The van der Waals surface area contributed by atoms with E-state index in [4.69, 9.17) is 0 Å². The van der Waals surface area contributed by atoms with E-state index in [-0.39, 0.29) is 5.91 Å². The second-order valence-electron chi connectivity index (χ2n) is 7.69. The topological polar surface area (TPSA) is 35.6 Å². The van der Waals surface area contributed by atoms with Gasteiger partial charge in [-0.25, -0.2) is 0 Å². The Kier molecular flexibility index (Phi) is 8.68. The lowest BCUT2D eigenvalue weighted by atomic mass is 10.1. The van der Waals surface area contributed by atoms with Gasteiger partial charge in [0, 0.05) is 31.2 Å². The summed E-state index contributed by atoms with van der Waals surface area (Å²) >= 11 is 0. The van der Waals surface area contributed by atoms with Crippen LogP contribution in [-0.4, -0.2) is 41.9 Å². The number of nitrogens with one attached hydrogen (secondary N) is 1. The lowest BCUT2D eigenvalue weighted by Gasteiger charge is -2.24. The first-order chi connectivity index (χ1) is 13.4. The lowest BCUT2D eigenvalue weighted by molar-refractivity contribution is 0.0951. The molecule has 2 rings (SSSR count). The lowest BCUT2D eigenvalue weighted by Crippen LogP contribution is -2.30. The average molecular weight is 382 g/mol. The van der Waals surface area contributed by atoms with Crippen LogP contribution < -0.4 is 5.32 Å². The number of amides is 1. The Morgan fingerprint density at radius 3 is 2.21 bits per heavy atom. The minimum atomic E-state index is -0.0289. The molecule has 1 amide bonds. The van der Waals surface area contributed by atoms with Crippen LogP contribution in [0, 0.1) is 0 Å². The fourth-order valence-corrected chi connectivity index (χ4v) is 3.20. The van der Waals surface area contributed by atoms with Gasteiger partial charge >= 0.3 is 0 Å². The zero-order valence-corrected chi connectivity index (χ0v) is 18.0. The summed E-state index contributed by atoms with van der Waals surface area (Å²) in [6.45, 7) is 13.2. The van der Waals surface area contributed by atoms with Crippen molar-refractivity contribution in [3.8, 4) is 0 Å². The number of hydrogen-bond donors (Lipinski definition) is 1. The van der Waals surface area contributed by atoms with E-state index in [1.807, 2.05) is 12.1 Å². The van der Waals surface area contributed by atoms with Crippen molar-refractivity contribution in [1.29, 1.82) is 0 Å². The molecule has 152 valence electrons. The minimum Gasteiger partial charge on any atom is -0.348 e. The van der Waals surface area contributed by atoms with Gasteiger partial charge in [0.15, 0.2) is 0 Å². The molecule has 0 atom stereocenters. The molecule has 0 spiro atoms. The van der Waals surface area contributed by atoms with Gasteiger partial charge in [0.1, 0.15) is 0 Å². The Morgan fingerprint density at radius 1 is 0.929 bits per heavy atom. The molecule has 0 fully saturated rings. The summed E-state index contributed by atoms with van der Waals surface area (Å²) in [5.41, 5.74) is 4.34. The Bertz CT molecular complexity index is 740. The van der Waals surface area contributed by atoms with E-state index in [1.165, 1.54) is 11.1 Å². The molecule has 0 aliphatic heterocycles. The number of nitrogens with zero attached hydrogens (tertiary/aromatic N) is 2. The van der Waals surface area contributed by atoms with Gasteiger partial charge in [0.2, 0.25) is 0 Å². The molecule has 0 aliphatic rings. The van der Waals surface area contributed by atoms with Crippen LogP contribution in [0.15, 0.2) is 48.5 Å². The van der Waals surface area contributed by atoms with Crippen molar-refractivity contribution in [2.45, 2.75) is 53.4 Å². The van der Waals surface area contributed by atoms with Gasteiger partial charge in [0.05, 0.1) is 0 Å². The summed E-state index contributed by atoms with van der Waals surface area (Å²) in [5.74, 6) is -0.0289. The van der Waals surface area contributed by atoms with Crippen molar-refractivity contribution in [3.05, 3.63) is 70.8 Å². The van der Waals surface area contributed by atoms with Crippen LogP contribution >= 0.6 is 0 Å². The highest BCUT2D eigenvalue weighted by Gasteiger charge is 2.09. The van der Waals surface area contributed by atoms with Crippen molar-refractivity contribution in [2.24, 2.45) is 0 Å². The molecule has 0 saturated heterocycles. The fraction of sp³-hybridized carbons (Fsp3) is 0.458. The summed E-state index contributed by atoms with van der Waals surface area (Å²) in [6.07, 6.45) is 0. The zero-order chi connectivity index (χ0) is 20.5. The summed E-state index contributed by atoms with van der Waals surface area (Å²) < 4.78 is 0. The molecule has 0 aliphatic carbocycles. The van der Waals surface area contributed by atoms with Gasteiger partial charge in [-0.1, -0.05) is 50.2 Å². The van der Waals surface area contributed by atoms with Crippen molar-refractivity contribution in [2.75, 3.05) is 20.1 Å². The third-order valence-electron chi connectivity index (χ3n) is 5.18. The van der Waals surface area contributed by atoms with Crippen LogP contribution in [0.25, 0.3) is 0 Å². The highest BCUT2D eigenvalue weighted by Crippen LogP contribution is 2.11. The highest BCUT2D eigenvalue weighted by atomic mass is 16.1. The van der Waals surface area contributed by atoms with Gasteiger partial charge in [-0.05, 0) is 62.8 Å². The molecule has 2 aromatic rings. The van der Waals surface area contributed by atoms with E-state index in [2.05, 4.69) is 86.3 Å². The van der Waals surface area contributed by atoms with Crippen molar-refractivity contribution in [1.82, 2.24) is 15.1 Å². The Labute approximate surface area is 170 Å². The number of carbonyl (C=O) groups is 1. The monoisotopic (exact) mass is 381 g/mol. The third kappa shape index (κ3) is 6.77. The average Bonchev–Trinajstić information content (AvgIpc) is 2.70. The van der Waals surface area contributed by atoms with Crippen LogP contribution in [0.1, 0.15) is 54.7 Å². The second kappa shape index (κ2) is 11.0. The minimum absolute atomic E-state index is 0.0289. The van der Waals surface area contributed by atoms with Crippen LogP contribution in [0.5, 0.6) is 0 Å². The number of carbonyl (C=O) groups excluding carboxylic acids is 1. The first-order valence-corrected chi connectivity index (χ1v) is 10.3. The molecule has 0 bridgehead atoms. The van der Waals surface area contributed by atoms with Gasteiger partial charge in [-0.15, -0.1) is 0 Å². The molecule has 0 aromatic heterocycles. The molecule has 0 heterocycles. The van der Waals surface area contributed by atoms with E-state index < -0.39 is 0 Å². The predicted molar refractivity (Wildman–Crippen MR) is 117 cm³/mol. The van der Waals surface area contributed by atoms with Crippen LogP contribution in [0.4, 0.5) is 0 Å². The van der Waals surface area contributed by atoms with Crippen LogP contribution in [0.3, 0.4) is 0 Å². The van der Waals surface area contributed by atoms with Crippen molar-refractivity contribution in [3.63, 3.8) is 0 Å². The third-order valence-corrected chi connectivity index (χ3v) is 5.18. The van der Waals surface area contributed by atoms with E-state index in [0.717, 1.165) is 31.7 Å². The molecule has 4 heteroatoms. The molecule has 0 radical (unpaired) electrons. The predicted octanol–water partition coefficient (Wildman–Crippen LogP) is 4.30. The summed E-state index contributed by atoms with van der Waals surface area (Å²) in [6, 6.07) is 16.9. The molecular weight excluding hydrogens is 346 g/mol. The maximum Gasteiger partial charge on any atom is 0.251 e. The van der Waals surface area contributed by atoms with Crippen molar-refractivity contribution >= 4 is 5.91 Å². The normalized spacial score (nSPS) is 11.4. The number of hydrogen-bond acceptors (Lipinski definition) is 3. The van der Waals surface area contributed by atoms with Crippen molar-refractivity contribution < 1.29 is 4.79 Å². The van der Waals surface area contributed by atoms with Crippen LogP contribution in [-0.2, 0) is 19.6 Å². The summed E-state index contributed by atoms with van der Waals surface area (Å²) in [5, 5.41) is 3.04. The Hall–Kier alpha value is -2.17.